The summed E-state index contributed by atoms with van der Waals surface area (Å²) >= 11 is 4.15. The Morgan fingerprint density at radius 1 is 1.67 bits per heavy atom. The van der Waals surface area contributed by atoms with Crippen molar-refractivity contribution in [2.45, 2.75) is 0 Å². The fourth-order valence-corrected chi connectivity index (χ4v) is 1.23. The number of likely N-dealkylation sites (N-methyl/N-ethyl adjacent to an activating group) is 1. The average Bonchev–Trinajstić information content (AvgIpc) is 2.15. The van der Waals surface area contributed by atoms with Crippen molar-refractivity contribution in [2.75, 3.05) is 26.0 Å². The Bertz CT molecular complexity index is 124. The van der Waals surface area contributed by atoms with Crippen LogP contribution in [0.25, 0.3) is 0 Å². The summed E-state index contributed by atoms with van der Waals surface area (Å²) in [5.41, 5.74) is 0. The molecule has 2 nitrogen and oxygen atoms in total. The molecular formula is C6H12N2S. The van der Waals surface area contributed by atoms with Gasteiger partial charge in [-0.05, 0) is 0 Å². The topological polar surface area (TPSA) is 6.48 Å². The summed E-state index contributed by atoms with van der Waals surface area (Å²) in [6.07, 6.45) is 0. The van der Waals surface area contributed by atoms with E-state index in [0.29, 0.717) is 0 Å². The maximum Gasteiger partial charge on any atom is 0.0970 e. The van der Waals surface area contributed by atoms with Crippen LogP contribution < -0.4 is 0 Å². The van der Waals surface area contributed by atoms with Crippen LogP contribution in [0.4, 0.5) is 0 Å². The lowest BCUT2D eigenvalue weighted by atomic mass is 10.6. The third-order valence-corrected chi connectivity index (χ3v) is 2.02. The minimum absolute atomic E-state index is 0.781. The van der Waals surface area contributed by atoms with Crippen molar-refractivity contribution in [2.24, 2.45) is 0 Å². The Labute approximate surface area is 61.5 Å². The summed E-state index contributed by atoms with van der Waals surface area (Å²) in [4.78, 5) is 4.28. The normalized spacial score (nSPS) is 19.6. The van der Waals surface area contributed by atoms with Crippen molar-refractivity contribution < 1.29 is 0 Å². The van der Waals surface area contributed by atoms with Crippen molar-refractivity contribution in [1.82, 2.24) is 9.80 Å². The summed E-state index contributed by atoms with van der Waals surface area (Å²) in [7, 11) is 2.05. The summed E-state index contributed by atoms with van der Waals surface area (Å²) in [5, 5.41) is 0. The smallest absolute Gasteiger partial charge is 0.0970 e. The minimum atomic E-state index is 0.781. The van der Waals surface area contributed by atoms with Gasteiger partial charge in [0.15, 0.2) is 0 Å². The first-order valence-electron chi connectivity index (χ1n) is 3.01. The predicted octanol–water partition coefficient (Wildman–Crippen LogP) is 0.592. The van der Waals surface area contributed by atoms with Gasteiger partial charge in [-0.15, -0.1) is 0 Å². The molecule has 1 saturated heterocycles. The first kappa shape index (κ1) is 6.81. The molecule has 1 fully saturated rings. The van der Waals surface area contributed by atoms with Gasteiger partial charge in [0.1, 0.15) is 0 Å². The second kappa shape index (κ2) is 2.52. The lowest BCUT2D eigenvalue weighted by Gasteiger charge is -2.17. The number of nitrogens with zero attached hydrogens (tertiary/aromatic N) is 2. The Hall–Kier alpha value is -0.310. The van der Waals surface area contributed by atoms with Gasteiger partial charge < -0.3 is 9.80 Å². The second-order valence-corrected chi connectivity index (χ2v) is 2.53. The van der Waals surface area contributed by atoms with Crippen LogP contribution in [0.15, 0.2) is 12.4 Å². The Morgan fingerprint density at radius 3 is 2.56 bits per heavy atom. The molecule has 0 saturated carbocycles. The number of thiol groups is 1. The van der Waals surface area contributed by atoms with Gasteiger partial charge in [0.2, 0.25) is 0 Å². The maximum absolute atomic E-state index is 4.15. The predicted molar refractivity (Wildman–Crippen MR) is 42.3 cm³/mol. The van der Waals surface area contributed by atoms with Crippen molar-refractivity contribution >= 4 is 12.6 Å². The van der Waals surface area contributed by atoms with Crippen LogP contribution >= 0.6 is 12.6 Å². The highest BCUT2D eigenvalue weighted by Crippen LogP contribution is 2.13. The molecule has 0 unspecified atom stereocenters. The van der Waals surface area contributed by atoms with Gasteiger partial charge in [0.25, 0.3) is 0 Å². The fourth-order valence-electron chi connectivity index (χ4n) is 0.923. The molecule has 0 spiro atoms. The minimum Gasteiger partial charge on any atom is -0.360 e. The van der Waals surface area contributed by atoms with E-state index in [1.807, 2.05) is 7.05 Å². The number of hydrogen-bond acceptors (Lipinski definition) is 3. The number of rotatable bonds is 1. The molecule has 9 heavy (non-hydrogen) atoms. The monoisotopic (exact) mass is 144 g/mol. The van der Waals surface area contributed by atoms with Gasteiger partial charge in [-0.2, -0.15) is 12.6 Å². The van der Waals surface area contributed by atoms with Crippen LogP contribution in [0.1, 0.15) is 0 Å². The van der Waals surface area contributed by atoms with Gasteiger partial charge in [0.05, 0.1) is 11.7 Å². The molecule has 0 aromatic carbocycles. The molecule has 1 heterocycles. The molecule has 0 radical (unpaired) electrons. The van der Waals surface area contributed by atoms with Gasteiger partial charge in [-0.3, -0.25) is 0 Å². The van der Waals surface area contributed by atoms with E-state index in [2.05, 4.69) is 29.0 Å². The summed E-state index contributed by atoms with van der Waals surface area (Å²) in [5.74, 6) is 1.87. The SMILES string of the molecule is C=C1N(C)CCN1CS. The van der Waals surface area contributed by atoms with Crippen LogP contribution in [0.5, 0.6) is 0 Å². The van der Waals surface area contributed by atoms with Crippen LogP contribution in [0.2, 0.25) is 0 Å². The van der Waals surface area contributed by atoms with Crippen LogP contribution in [-0.2, 0) is 0 Å². The molecule has 1 aliphatic rings. The molecule has 0 N–H and O–H groups in total. The Morgan fingerprint density at radius 2 is 2.33 bits per heavy atom. The van der Waals surface area contributed by atoms with Gasteiger partial charge in [0, 0.05) is 20.1 Å². The third-order valence-electron chi connectivity index (χ3n) is 1.68. The van der Waals surface area contributed by atoms with Crippen molar-refractivity contribution in [3.63, 3.8) is 0 Å². The molecule has 3 heteroatoms. The van der Waals surface area contributed by atoms with E-state index >= 15 is 0 Å². The van der Waals surface area contributed by atoms with Gasteiger partial charge in [-0.1, -0.05) is 6.58 Å². The molecule has 52 valence electrons. The largest absolute Gasteiger partial charge is 0.360 e. The second-order valence-electron chi connectivity index (χ2n) is 2.24. The molecule has 0 bridgehead atoms. The lowest BCUT2D eigenvalue weighted by molar-refractivity contribution is 0.417. The van der Waals surface area contributed by atoms with E-state index in [9.17, 15) is 0 Å². The highest BCUT2D eigenvalue weighted by molar-refractivity contribution is 7.80. The van der Waals surface area contributed by atoms with E-state index < -0.39 is 0 Å². The van der Waals surface area contributed by atoms with E-state index in [0.717, 1.165) is 24.8 Å². The summed E-state index contributed by atoms with van der Waals surface area (Å²) in [6.45, 7) is 6.04. The fraction of sp³-hybridized carbons (Fsp3) is 0.667. The molecule has 0 aromatic rings. The molecule has 0 atom stereocenters. The molecule has 0 aromatic heterocycles. The molecule has 0 amide bonds. The maximum atomic E-state index is 4.15. The zero-order chi connectivity index (χ0) is 6.85. The van der Waals surface area contributed by atoms with Gasteiger partial charge >= 0.3 is 0 Å². The zero-order valence-electron chi connectivity index (χ0n) is 5.67. The summed E-state index contributed by atoms with van der Waals surface area (Å²) in [6, 6.07) is 0. The first-order chi connectivity index (χ1) is 4.25. The lowest BCUT2D eigenvalue weighted by Crippen LogP contribution is -2.17. The molecule has 1 aliphatic heterocycles. The quantitative estimate of drug-likeness (QED) is 0.538. The standard InChI is InChI=1S/C6H12N2S/c1-6-7(2)3-4-8(6)5-9/h9H,1,3-5H2,2H3. The highest BCUT2D eigenvalue weighted by Gasteiger charge is 2.16. The Kier molecular flexibility index (Phi) is 1.90. The van der Waals surface area contributed by atoms with Crippen LogP contribution in [0.3, 0.4) is 0 Å². The van der Waals surface area contributed by atoms with Crippen molar-refractivity contribution in [1.29, 1.82) is 0 Å². The van der Waals surface area contributed by atoms with Crippen LogP contribution in [0, 0.1) is 0 Å². The summed E-state index contributed by atoms with van der Waals surface area (Å²) < 4.78 is 0. The Balaban J connectivity index is 2.51. The van der Waals surface area contributed by atoms with E-state index in [1.165, 1.54) is 0 Å². The van der Waals surface area contributed by atoms with Crippen molar-refractivity contribution in [3.8, 4) is 0 Å². The molecule has 0 aliphatic carbocycles. The van der Waals surface area contributed by atoms with Gasteiger partial charge in [-0.25, -0.2) is 0 Å². The van der Waals surface area contributed by atoms with E-state index in [-0.39, 0.29) is 0 Å². The average molecular weight is 144 g/mol. The molecular weight excluding hydrogens is 132 g/mol. The molecule has 1 rings (SSSR count). The first-order valence-corrected chi connectivity index (χ1v) is 3.65. The zero-order valence-corrected chi connectivity index (χ0v) is 6.56. The van der Waals surface area contributed by atoms with Crippen LogP contribution in [-0.4, -0.2) is 35.8 Å². The highest BCUT2D eigenvalue weighted by atomic mass is 32.1. The van der Waals surface area contributed by atoms with E-state index in [1.54, 1.807) is 0 Å². The number of hydrogen-bond donors (Lipinski definition) is 1. The van der Waals surface area contributed by atoms with E-state index in [4.69, 9.17) is 0 Å². The van der Waals surface area contributed by atoms with Crippen molar-refractivity contribution in [3.05, 3.63) is 12.4 Å². The third kappa shape index (κ3) is 1.15.